The van der Waals surface area contributed by atoms with Gasteiger partial charge in [0.1, 0.15) is 0 Å². The van der Waals surface area contributed by atoms with E-state index in [9.17, 15) is 0 Å². The quantitative estimate of drug-likeness (QED) is 0.637. The number of nitrogens with one attached hydrogen (secondary N) is 1. The van der Waals surface area contributed by atoms with Crippen LogP contribution in [0.3, 0.4) is 0 Å². The first kappa shape index (κ1) is 17.5. The van der Waals surface area contributed by atoms with Gasteiger partial charge in [-0.1, -0.05) is 58.3 Å². The maximum Gasteiger partial charge on any atom is 0.0945 e. The van der Waals surface area contributed by atoms with Gasteiger partial charge in [-0.25, -0.2) is 9.97 Å². The number of H-pyrrole nitrogens is 1. The fraction of sp³-hybridized carbons (Fsp3) is 0.647. The van der Waals surface area contributed by atoms with Crippen LogP contribution in [-0.2, 0) is 6.54 Å². The largest absolute Gasteiger partial charge is 0.351 e. The van der Waals surface area contributed by atoms with Gasteiger partial charge in [0, 0.05) is 31.3 Å². The summed E-state index contributed by atoms with van der Waals surface area (Å²) in [5.74, 6) is 0. The number of aromatic amines is 1. The van der Waals surface area contributed by atoms with Gasteiger partial charge in [-0.05, 0) is 6.42 Å². The highest BCUT2D eigenvalue weighted by Crippen LogP contribution is 2.09. The molecule has 0 saturated carbocycles. The van der Waals surface area contributed by atoms with Crippen molar-refractivity contribution in [2.75, 3.05) is 0 Å². The topological polar surface area (TPSA) is 46.5 Å². The molecule has 1 N–H and O–H groups in total. The molecule has 0 spiro atoms. The minimum absolute atomic E-state index is 1.13. The second-order valence-electron chi connectivity index (χ2n) is 5.39. The van der Waals surface area contributed by atoms with Crippen molar-refractivity contribution in [2.24, 2.45) is 0 Å². The van der Waals surface area contributed by atoms with Gasteiger partial charge in [0.2, 0.25) is 0 Å². The van der Waals surface area contributed by atoms with E-state index in [0.717, 1.165) is 6.54 Å². The van der Waals surface area contributed by atoms with E-state index in [-0.39, 0.29) is 0 Å². The first-order chi connectivity index (χ1) is 10.4. The smallest absolute Gasteiger partial charge is 0.0945 e. The molecular formula is C17H30N4. The monoisotopic (exact) mass is 290 g/mol. The molecule has 0 aliphatic carbocycles. The van der Waals surface area contributed by atoms with Gasteiger partial charge in [0.05, 0.1) is 12.7 Å². The Morgan fingerprint density at radius 1 is 0.857 bits per heavy atom. The molecule has 0 atom stereocenters. The zero-order chi connectivity index (χ0) is 15.0. The van der Waals surface area contributed by atoms with Gasteiger partial charge in [-0.2, -0.15) is 0 Å². The number of aryl methyl sites for hydroxylation is 1. The average Bonchev–Trinajstić information content (AvgIpc) is 3.21. The summed E-state index contributed by atoms with van der Waals surface area (Å²) >= 11 is 0. The highest BCUT2D eigenvalue weighted by Gasteiger charge is 1.93. The standard InChI is InChI=1S/C14H26N2.C3H4N2/c1-2-3-4-5-6-7-8-9-10-12-16-13-11-15-14-16;1-2-5-3-4-1/h11,13-14H,2-10,12H2,1H3;1-3H,(H,4,5). The summed E-state index contributed by atoms with van der Waals surface area (Å²) in [4.78, 5) is 10.5. The molecule has 0 aliphatic rings. The minimum Gasteiger partial charge on any atom is -0.351 e. The number of hydrogen-bond acceptors (Lipinski definition) is 2. The molecule has 0 unspecified atom stereocenters. The predicted molar refractivity (Wildman–Crippen MR) is 88.0 cm³/mol. The van der Waals surface area contributed by atoms with Crippen molar-refractivity contribution in [3.8, 4) is 0 Å². The molecule has 0 fully saturated rings. The van der Waals surface area contributed by atoms with Crippen molar-refractivity contribution in [2.45, 2.75) is 71.3 Å². The van der Waals surface area contributed by atoms with E-state index in [2.05, 4.69) is 26.4 Å². The first-order valence-corrected chi connectivity index (χ1v) is 8.32. The van der Waals surface area contributed by atoms with Crippen molar-refractivity contribution < 1.29 is 0 Å². The van der Waals surface area contributed by atoms with Crippen molar-refractivity contribution in [3.63, 3.8) is 0 Å². The van der Waals surface area contributed by atoms with E-state index in [1.54, 1.807) is 18.7 Å². The molecule has 21 heavy (non-hydrogen) atoms. The second-order valence-corrected chi connectivity index (χ2v) is 5.39. The lowest BCUT2D eigenvalue weighted by Crippen LogP contribution is -1.93. The van der Waals surface area contributed by atoms with Gasteiger partial charge in [-0.3, -0.25) is 0 Å². The number of rotatable bonds is 10. The normalized spacial score (nSPS) is 10.1. The van der Waals surface area contributed by atoms with E-state index >= 15 is 0 Å². The number of nitrogens with zero attached hydrogens (tertiary/aromatic N) is 3. The Hall–Kier alpha value is -1.58. The number of hydrogen-bond donors (Lipinski definition) is 1. The van der Waals surface area contributed by atoms with Crippen molar-refractivity contribution in [1.29, 1.82) is 0 Å². The SMILES string of the molecule is CCCCCCCCCCCn1ccnc1.c1c[nH]cn1. The summed E-state index contributed by atoms with van der Waals surface area (Å²) in [6.45, 7) is 3.41. The van der Waals surface area contributed by atoms with E-state index in [1.165, 1.54) is 57.8 Å². The number of aromatic nitrogens is 4. The van der Waals surface area contributed by atoms with Gasteiger partial charge < -0.3 is 9.55 Å². The van der Waals surface area contributed by atoms with Crippen LogP contribution in [0.2, 0.25) is 0 Å². The number of imidazole rings is 2. The molecule has 2 rings (SSSR count). The fourth-order valence-electron chi connectivity index (χ4n) is 2.24. The highest BCUT2D eigenvalue weighted by atomic mass is 15.0. The van der Waals surface area contributed by atoms with Gasteiger partial charge in [0.25, 0.3) is 0 Å². The summed E-state index contributed by atoms with van der Waals surface area (Å²) in [6.07, 6.45) is 23.5. The van der Waals surface area contributed by atoms with Gasteiger partial charge >= 0.3 is 0 Å². The van der Waals surface area contributed by atoms with Gasteiger partial charge in [0.15, 0.2) is 0 Å². The molecule has 0 aromatic carbocycles. The molecule has 4 nitrogen and oxygen atoms in total. The van der Waals surface area contributed by atoms with E-state index < -0.39 is 0 Å². The lowest BCUT2D eigenvalue weighted by molar-refractivity contribution is 0.538. The van der Waals surface area contributed by atoms with Crippen molar-refractivity contribution >= 4 is 0 Å². The van der Waals surface area contributed by atoms with Crippen LogP contribution in [-0.4, -0.2) is 19.5 Å². The fourth-order valence-corrected chi connectivity index (χ4v) is 2.24. The van der Waals surface area contributed by atoms with Crippen LogP contribution in [0.25, 0.3) is 0 Å². The van der Waals surface area contributed by atoms with Crippen LogP contribution in [0.1, 0.15) is 64.7 Å². The van der Waals surface area contributed by atoms with E-state index in [0.29, 0.717) is 0 Å². The van der Waals surface area contributed by atoms with Crippen LogP contribution in [0.4, 0.5) is 0 Å². The maximum atomic E-state index is 4.04. The predicted octanol–water partition coefficient (Wildman–Crippen LogP) is 4.82. The summed E-state index contributed by atoms with van der Waals surface area (Å²) in [5.41, 5.74) is 0. The lowest BCUT2D eigenvalue weighted by atomic mass is 10.1. The number of unbranched alkanes of at least 4 members (excludes halogenated alkanes) is 8. The molecule has 4 heteroatoms. The Bertz CT molecular complexity index is 364. The summed E-state index contributed by atoms with van der Waals surface area (Å²) in [6, 6.07) is 0. The minimum atomic E-state index is 1.13. The summed E-state index contributed by atoms with van der Waals surface area (Å²) < 4.78 is 2.17. The molecule has 0 amide bonds. The Morgan fingerprint density at radius 3 is 2.05 bits per heavy atom. The second kappa shape index (κ2) is 13.4. The van der Waals surface area contributed by atoms with Crippen LogP contribution >= 0.6 is 0 Å². The summed E-state index contributed by atoms with van der Waals surface area (Å²) in [5, 5.41) is 0. The molecule has 0 radical (unpaired) electrons. The molecule has 118 valence electrons. The molecule has 2 heterocycles. The Morgan fingerprint density at radius 2 is 1.57 bits per heavy atom. The van der Waals surface area contributed by atoms with Crippen LogP contribution in [0, 0.1) is 0 Å². The van der Waals surface area contributed by atoms with Crippen LogP contribution < -0.4 is 0 Å². The Labute approximate surface area is 129 Å². The molecule has 2 aromatic rings. The van der Waals surface area contributed by atoms with E-state index in [4.69, 9.17) is 0 Å². The van der Waals surface area contributed by atoms with Crippen LogP contribution in [0.15, 0.2) is 37.4 Å². The third kappa shape index (κ3) is 10.8. The summed E-state index contributed by atoms with van der Waals surface area (Å²) in [7, 11) is 0. The van der Waals surface area contributed by atoms with Crippen molar-refractivity contribution in [1.82, 2.24) is 19.5 Å². The Balaban J connectivity index is 0.000000369. The van der Waals surface area contributed by atoms with E-state index in [1.807, 2.05) is 18.7 Å². The zero-order valence-electron chi connectivity index (χ0n) is 13.4. The highest BCUT2D eigenvalue weighted by molar-refractivity contribution is 4.73. The molecule has 0 aliphatic heterocycles. The molecule has 0 saturated heterocycles. The third-order valence-electron chi connectivity index (χ3n) is 3.48. The zero-order valence-corrected chi connectivity index (χ0v) is 13.4. The maximum absolute atomic E-state index is 4.04. The molecule has 2 aromatic heterocycles. The molecular weight excluding hydrogens is 260 g/mol. The van der Waals surface area contributed by atoms with Crippen molar-refractivity contribution in [3.05, 3.63) is 37.4 Å². The third-order valence-corrected chi connectivity index (χ3v) is 3.48. The lowest BCUT2D eigenvalue weighted by Gasteiger charge is -2.02. The van der Waals surface area contributed by atoms with Gasteiger partial charge in [-0.15, -0.1) is 0 Å². The Kier molecular flexibility index (Phi) is 11.2. The van der Waals surface area contributed by atoms with Crippen LogP contribution in [0.5, 0.6) is 0 Å². The first-order valence-electron chi connectivity index (χ1n) is 8.32. The molecule has 0 bridgehead atoms. The average molecular weight is 290 g/mol.